The number of hydrogen-bond donors (Lipinski definition) is 1. The highest BCUT2D eigenvalue weighted by Gasteiger charge is 2.36. The predicted octanol–water partition coefficient (Wildman–Crippen LogP) is 7.37. The maximum Gasteiger partial charge on any atom is 0.416 e. The van der Waals surface area contributed by atoms with Crippen molar-refractivity contribution in [2.45, 2.75) is 50.7 Å². The van der Waals surface area contributed by atoms with E-state index < -0.39 is 23.5 Å². The number of pyridine rings is 1. The second kappa shape index (κ2) is 9.70. The first-order valence-corrected chi connectivity index (χ1v) is 11.0. The number of nitrogens with zero attached hydrogens (tertiary/aromatic N) is 1. The van der Waals surface area contributed by atoms with E-state index in [2.05, 4.69) is 5.32 Å². The Bertz CT molecular complexity index is 1060. The molecule has 0 atom stereocenters. The zero-order chi connectivity index (χ0) is 23.5. The fourth-order valence-electron chi connectivity index (χ4n) is 3.29. The van der Waals surface area contributed by atoms with Crippen LogP contribution >= 0.6 is 11.8 Å². The van der Waals surface area contributed by atoms with E-state index in [0.717, 1.165) is 51.4 Å². The van der Waals surface area contributed by atoms with Gasteiger partial charge in [-0.1, -0.05) is 25.1 Å². The lowest BCUT2D eigenvalue weighted by molar-refractivity contribution is -0.143. The van der Waals surface area contributed by atoms with Gasteiger partial charge in [0.1, 0.15) is 5.03 Å². The quantitative estimate of drug-likeness (QED) is 0.287. The van der Waals surface area contributed by atoms with Gasteiger partial charge in [0.2, 0.25) is 0 Å². The van der Waals surface area contributed by atoms with Crippen molar-refractivity contribution in [3.63, 3.8) is 0 Å². The molecule has 3 rings (SSSR count). The largest absolute Gasteiger partial charge is 0.416 e. The second-order valence-corrected chi connectivity index (χ2v) is 8.55. The van der Waals surface area contributed by atoms with Crippen molar-refractivity contribution < 1.29 is 26.3 Å². The molecule has 2 aromatic carbocycles. The van der Waals surface area contributed by atoms with E-state index >= 15 is 0 Å². The van der Waals surface area contributed by atoms with E-state index in [1.54, 1.807) is 11.8 Å². The van der Waals surface area contributed by atoms with Gasteiger partial charge in [-0.3, -0.25) is 0 Å². The molecule has 0 spiro atoms. The van der Waals surface area contributed by atoms with Crippen LogP contribution in [0.1, 0.15) is 41.2 Å². The third-order valence-electron chi connectivity index (χ3n) is 4.82. The Morgan fingerprint density at radius 1 is 0.906 bits per heavy atom. The lowest BCUT2D eigenvalue weighted by atomic mass is 10.0. The standard InChI is InChI=1S/C23H22F6N2S/c1-3-7-32-21-17(10-16-6-4-5-14(2)20(16)31-21)13-30-12-15-8-18(22(24,25)26)11-19(9-15)23(27,28)29/h4-6,8-11,30H,3,7,12-13H2,1-2H3. The van der Waals surface area contributed by atoms with Crippen molar-refractivity contribution in [1.82, 2.24) is 10.3 Å². The van der Waals surface area contributed by atoms with Crippen molar-refractivity contribution in [2.75, 3.05) is 5.75 Å². The van der Waals surface area contributed by atoms with Crippen LogP contribution in [0, 0.1) is 6.92 Å². The zero-order valence-electron chi connectivity index (χ0n) is 17.5. The number of nitrogens with one attached hydrogen (secondary N) is 1. The molecular weight excluding hydrogens is 450 g/mol. The highest BCUT2D eigenvalue weighted by molar-refractivity contribution is 7.99. The molecule has 0 aliphatic carbocycles. The fourth-order valence-corrected chi connectivity index (χ4v) is 4.16. The number of halogens is 6. The molecule has 0 fully saturated rings. The molecular formula is C23H22F6N2S. The molecule has 0 aliphatic rings. The van der Waals surface area contributed by atoms with Crippen molar-refractivity contribution in [1.29, 1.82) is 0 Å². The summed E-state index contributed by atoms with van der Waals surface area (Å²) >= 11 is 1.58. The van der Waals surface area contributed by atoms with E-state index in [4.69, 9.17) is 4.98 Å². The van der Waals surface area contributed by atoms with Crippen LogP contribution in [0.25, 0.3) is 10.9 Å². The average Bonchev–Trinajstić information content (AvgIpc) is 2.71. The first-order valence-electron chi connectivity index (χ1n) is 10.00. The van der Waals surface area contributed by atoms with E-state index in [1.165, 1.54) is 0 Å². The lowest BCUT2D eigenvalue weighted by Crippen LogP contribution is -2.17. The summed E-state index contributed by atoms with van der Waals surface area (Å²) in [7, 11) is 0. The summed E-state index contributed by atoms with van der Waals surface area (Å²) in [5, 5.41) is 4.72. The average molecular weight is 472 g/mol. The molecule has 0 radical (unpaired) electrons. The number of alkyl halides is 6. The molecule has 9 heteroatoms. The van der Waals surface area contributed by atoms with Gasteiger partial charge in [-0.05, 0) is 60.1 Å². The molecule has 3 aromatic rings. The van der Waals surface area contributed by atoms with Gasteiger partial charge in [-0.25, -0.2) is 4.98 Å². The van der Waals surface area contributed by atoms with E-state index in [0.29, 0.717) is 0 Å². The topological polar surface area (TPSA) is 24.9 Å². The lowest BCUT2D eigenvalue weighted by Gasteiger charge is -2.15. The normalized spacial score (nSPS) is 12.5. The molecule has 2 nitrogen and oxygen atoms in total. The first kappa shape index (κ1) is 24.4. The summed E-state index contributed by atoms with van der Waals surface area (Å²) in [4.78, 5) is 4.76. The number of para-hydroxylation sites is 1. The summed E-state index contributed by atoms with van der Waals surface area (Å²) in [5.41, 5.74) is 0.0490. The molecule has 172 valence electrons. The van der Waals surface area contributed by atoms with Crippen molar-refractivity contribution >= 4 is 22.7 Å². The van der Waals surface area contributed by atoms with Gasteiger partial charge in [0.25, 0.3) is 0 Å². The maximum atomic E-state index is 13.1. The van der Waals surface area contributed by atoms with Gasteiger partial charge in [0.15, 0.2) is 0 Å². The number of thioether (sulfide) groups is 1. The summed E-state index contributed by atoms with van der Waals surface area (Å²) in [6.45, 7) is 4.13. The van der Waals surface area contributed by atoms with Crippen LogP contribution in [-0.2, 0) is 25.4 Å². The van der Waals surface area contributed by atoms with Crippen LogP contribution in [0.5, 0.6) is 0 Å². The third-order valence-corrected chi connectivity index (χ3v) is 6.06. The zero-order valence-corrected chi connectivity index (χ0v) is 18.3. The number of aryl methyl sites for hydroxylation is 1. The number of aromatic nitrogens is 1. The Labute approximate surface area is 186 Å². The number of fused-ring (bicyclic) bond motifs is 1. The van der Waals surface area contributed by atoms with E-state index in [-0.39, 0.29) is 24.7 Å². The van der Waals surface area contributed by atoms with Crippen LogP contribution in [-0.4, -0.2) is 10.7 Å². The van der Waals surface area contributed by atoms with Crippen molar-refractivity contribution in [3.05, 3.63) is 70.3 Å². The molecule has 1 heterocycles. The molecule has 0 saturated carbocycles. The van der Waals surface area contributed by atoms with Gasteiger partial charge < -0.3 is 5.32 Å². The number of rotatable bonds is 7. The van der Waals surface area contributed by atoms with Gasteiger partial charge in [0.05, 0.1) is 16.6 Å². The van der Waals surface area contributed by atoms with Crippen LogP contribution < -0.4 is 5.32 Å². The molecule has 32 heavy (non-hydrogen) atoms. The summed E-state index contributed by atoms with van der Waals surface area (Å²) in [6, 6.07) is 9.40. The Morgan fingerprint density at radius 3 is 2.16 bits per heavy atom. The first-order chi connectivity index (χ1) is 15.0. The SMILES string of the molecule is CCCSc1nc2c(C)cccc2cc1CNCc1cc(C(F)(F)F)cc(C(F)(F)F)c1. The number of hydrogen-bond acceptors (Lipinski definition) is 3. The van der Waals surface area contributed by atoms with E-state index in [9.17, 15) is 26.3 Å². The summed E-state index contributed by atoms with van der Waals surface area (Å²) in [6.07, 6.45) is -8.78. The minimum atomic E-state index is -4.86. The highest BCUT2D eigenvalue weighted by Crippen LogP contribution is 2.36. The molecule has 0 saturated heterocycles. The predicted molar refractivity (Wildman–Crippen MR) is 114 cm³/mol. The van der Waals surface area contributed by atoms with Gasteiger partial charge in [-0.15, -0.1) is 11.8 Å². The Morgan fingerprint density at radius 2 is 1.56 bits per heavy atom. The molecule has 1 N–H and O–H groups in total. The molecule has 0 aliphatic heterocycles. The second-order valence-electron chi connectivity index (χ2n) is 7.47. The van der Waals surface area contributed by atoms with Crippen molar-refractivity contribution in [2.24, 2.45) is 0 Å². The molecule has 1 aromatic heterocycles. The van der Waals surface area contributed by atoms with Gasteiger partial charge >= 0.3 is 12.4 Å². The van der Waals surface area contributed by atoms with Crippen LogP contribution in [0.2, 0.25) is 0 Å². The van der Waals surface area contributed by atoms with E-state index in [1.807, 2.05) is 38.1 Å². The number of benzene rings is 2. The Balaban J connectivity index is 1.85. The molecule has 0 amide bonds. The Kier molecular flexibility index (Phi) is 7.39. The minimum absolute atomic E-state index is 0.0838. The van der Waals surface area contributed by atoms with Crippen LogP contribution in [0.4, 0.5) is 26.3 Å². The minimum Gasteiger partial charge on any atom is -0.309 e. The summed E-state index contributed by atoms with van der Waals surface area (Å²) in [5.74, 6) is 0.847. The van der Waals surface area contributed by atoms with Crippen LogP contribution in [0.3, 0.4) is 0 Å². The molecule has 0 unspecified atom stereocenters. The highest BCUT2D eigenvalue weighted by atomic mass is 32.2. The third kappa shape index (κ3) is 5.95. The van der Waals surface area contributed by atoms with Gasteiger partial charge in [-0.2, -0.15) is 26.3 Å². The van der Waals surface area contributed by atoms with Gasteiger partial charge in [0, 0.05) is 18.5 Å². The maximum absolute atomic E-state index is 13.1. The fraction of sp³-hybridized carbons (Fsp3) is 0.348. The smallest absolute Gasteiger partial charge is 0.309 e. The molecule has 0 bridgehead atoms. The Hall–Kier alpha value is -2.26. The monoisotopic (exact) mass is 472 g/mol. The van der Waals surface area contributed by atoms with Crippen molar-refractivity contribution in [3.8, 4) is 0 Å². The summed E-state index contributed by atoms with van der Waals surface area (Å²) < 4.78 is 78.5. The van der Waals surface area contributed by atoms with Crippen LogP contribution in [0.15, 0.2) is 47.5 Å².